The fourth-order valence-corrected chi connectivity index (χ4v) is 7.74. The average molecular weight is 555 g/mol. The Bertz CT molecular complexity index is 1230. The van der Waals surface area contributed by atoms with Crippen LogP contribution in [0.1, 0.15) is 83.4 Å². The molecule has 0 radical (unpaired) electrons. The van der Waals surface area contributed by atoms with E-state index in [1.54, 1.807) is 23.5 Å². The van der Waals surface area contributed by atoms with E-state index < -0.39 is 0 Å². The molecule has 0 aliphatic heterocycles. The van der Waals surface area contributed by atoms with Crippen LogP contribution in [-0.2, 0) is 6.42 Å². The van der Waals surface area contributed by atoms with Gasteiger partial charge in [0.25, 0.3) is 0 Å². The zero-order valence-corrected chi connectivity index (χ0v) is 24.8. The minimum atomic E-state index is -0.275. The number of aryl methyl sites for hydroxylation is 1. The van der Waals surface area contributed by atoms with E-state index in [-0.39, 0.29) is 11.9 Å². The molecule has 37 heavy (non-hydrogen) atoms. The molecule has 198 valence electrons. The van der Waals surface area contributed by atoms with Crippen LogP contribution < -0.4 is 4.74 Å². The molecule has 3 heterocycles. The van der Waals surface area contributed by atoms with Gasteiger partial charge in [-0.05, 0) is 92.3 Å². The van der Waals surface area contributed by atoms with Crippen LogP contribution in [0.25, 0.3) is 29.9 Å². The summed E-state index contributed by atoms with van der Waals surface area (Å²) in [7, 11) is 0. The van der Waals surface area contributed by atoms with Crippen molar-refractivity contribution < 1.29 is 9.13 Å². The minimum absolute atomic E-state index is 0.0775. The highest BCUT2D eigenvalue weighted by Crippen LogP contribution is 2.42. The van der Waals surface area contributed by atoms with Gasteiger partial charge in [-0.1, -0.05) is 52.9 Å². The molecule has 3 aromatic heterocycles. The van der Waals surface area contributed by atoms with Crippen LogP contribution in [-0.4, -0.2) is 6.10 Å². The molecule has 5 heteroatoms. The van der Waals surface area contributed by atoms with Gasteiger partial charge in [-0.25, -0.2) is 4.39 Å². The minimum Gasteiger partial charge on any atom is -0.487 e. The Morgan fingerprint density at radius 2 is 1.30 bits per heavy atom. The molecule has 1 aromatic carbocycles. The van der Waals surface area contributed by atoms with Crippen LogP contribution in [0, 0.1) is 5.82 Å². The Labute approximate surface area is 234 Å². The van der Waals surface area contributed by atoms with E-state index in [0.717, 1.165) is 29.7 Å². The van der Waals surface area contributed by atoms with Crippen molar-refractivity contribution >= 4 is 34.0 Å². The lowest BCUT2D eigenvalue weighted by atomic mass is 10.1. The van der Waals surface area contributed by atoms with Gasteiger partial charge in [0, 0.05) is 29.3 Å². The smallest absolute Gasteiger partial charge is 0.165 e. The number of hydrogen-bond donors (Lipinski definition) is 0. The lowest BCUT2D eigenvalue weighted by Crippen LogP contribution is -2.15. The van der Waals surface area contributed by atoms with Gasteiger partial charge in [-0.3, -0.25) is 0 Å². The molecule has 0 aliphatic carbocycles. The highest BCUT2D eigenvalue weighted by atomic mass is 32.1. The van der Waals surface area contributed by atoms with Crippen molar-refractivity contribution in [3.8, 4) is 35.7 Å². The lowest BCUT2D eigenvalue weighted by Gasteiger charge is -2.18. The molecular weight excluding hydrogens is 516 g/mol. The number of thiophene rings is 3. The van der Waals surface area contributed by atoms with Gasteiger partial charge < -0.3 is 4.74 Å². The summed E-state index contributed by atoms with van der Waals surface area (Å²) >= 11 is 5.49. The normalized spacial score (nSPS) is 12.2. The Balaban J connectivity index is 1.40. The Morgan fingerprint density at radius 3 is 1.97 bits per heavy atom. The summed E-state index contributed by atoms with van der Waals surface area (Å²) in [6.07, 6.45) is 11.9. The predicted octanol–water partition coefficient (Wildman–Crippen LogP) is 11.9. The third kappa shape index (κ3) is 7.78. The summed E-state index contributed by atoms with van der Waals surface area (Å²) in [6.45, 7) is 6.57. The topological polar surface area (TPSA) is 9.23 Å². The molecule has 0 fully saturated rings. The van der Waals surface area contributed by atoms with Gasteiger partial charge in [-0.15, -0.1) is 34.0 Å². The standard InChI is InChI=1S/C32H39FOS3/c1-4-7-9-11-13-25-15-17-29(35-25)30-20-21-32(37-30)31-19-18-28(36-31)23-14-16-27(26(33)22-23)34-24(6-3)12-10-8-5-2/h14-22,24H,4-13H2,1-3H3/t24-/m1/s1. The number of ether oxygens (including phenoxy) is 1. The molecular formula is C32H39FOS3. The fraction of sp³-hybridized carbons (Fsp3) is 0.438. The summed E-state index contributed by atoms with van der Waals surface area (Å²) in [6, 6.07) is 18.7. The number of halogens is 1. The summed E-state index contributed by atoms with van der Waals surface area (Å²) < 4.78 is 21.0. The van der Waals surface area contributed by atoms with E-state index in [4.69, 9.17) is 4.74 Å². The molecule has 0 bridgehead atoms. The third-order valence-electron chi connectivity index (χ3n) is 6.73. The van der Waals surface area contributed by atoms with Gasteiger partial charge in [0.1, 0.15) is 0 Å². The Hall–Kier alpha value is -1.95. The monoisotopic (exact) mass is 554 g/mol. The molecule has 0 saturated carbocycles. The van der Waals surface area contributed by atoms with E-state index in [9.17, 15) is 4.39 Å². The van der Waals surface area contributed by atoms with E-state index in [1.807, 2.05) is 28.7 Å². The molecule has 0 saturated heterocycles. The van der Waals surface area contributed by atoms with E-state index in [0.29, 0.717) is 5.75 Å². The quantitative estimate of drug-likeness (QED) is 0.133. The molecule has 0 unspecified atom stereocenters. The zero-order chi connectivity index (χ0) is 26.0. The predicted molar refractivity (Wildman–Crippen MR) is 163 cm³/mol. The van der Waals surface area contributed by atoms with Crippen LogP contribution in [0.3, 0.4) is 0 Å². The molecule has 0 spiro atoms. The molecule has 4 rings (SSSR count). The fourth-order valence-electron chi connectivity index (χ4n) is 4.50. The Kier molecular flexibility index (Phi) is 10.8. The first kappa shape index (κ1) is 28.1. The van der Waals surface area contributed by atoms with Crippen molar-refractivity contribution in [2.75, 3.05) is 0 Å². The van der Waals surface area contributed by atoms with Gasteiger partial charge in [0.15, 0.2) is 11.6 Å². The largest absolute Gasteiger partial charge is 0.487 e. The number of unbranched alkanes of at least 4 members (excludes halogenated alkanes) is 5. The molecule has 0 amide bonds. The van der Waals surface area contributed by atoms with E-state index >= 15 is 0 Å². The van der Waals surface area contributed by atoms with Crippen LogP contribution >= 0.6 is 34.0 Å². The first-order valence-electron chi connectivity index (χ1n) is 13.9. The summed E-state index contributed by atoms with van der Waals surface area (Å²) in [5.74, 6) is 0.0930. The summed E-state index contributed by atoms with van der Waals surface area (Å²) in [4.78, 5) is 7.74. The number of rotatable bonds is 15. The second kappa shape index (κ2) is 14.3. The van der Waals surface area contributed by atoms with Crippen LogP contribution in [0.2, 0.25) is 0 Å². The van der Waals surface area contributed by atoms with Crippen molar-refractivity contribution in [1.29, 1.82) is 0 Å². The van der Waals surface area contributed by atoms with Gasteiger partial charge in [-0.2, -0.15) is 0 Å². The van der Waals surface area contributed by atoms with Crippen LogP contribution in [0.5, 0.6) is 5.75 Å². The number of benzene rings is 1. The first-order valence-corrected chi connectivity index (χ1v) is 16.3. The average Bonchev–Trinajstić information content (AvgIpc) is 3.67. The maximum atomic E-state index is 14.9. The molecule has 4 aromatic rings. The van der Waals surface area contributed by atoms with Crippen molar-refractivity contribution in [2.45, 2.75) is 91.1 Å². The van der Waals surface area contributed by atoms with E-state index in [2.05, 4.69) is 57.2 Å². The highest BCUT2D eigenvalue weighted by molar-refractivity contribution is 7.27. The van der Waals surface area contributed by atoms with E-state index in [1.165, 1.54) is 69.3 Å². The summed E-state index contributed by atoms with van der Waals surface area (Å²) in [5, 5.41) is 0. The third-order valence-corrected chi connectivity index (χ3v) is 10.5. The van der Waals surface area contributed by atoms with Crippen LogP contribution in [0.15, 0.2) is 54.6 Å². The van der Waals surface area contributed by atoms with Crippen molar-refractivity contribution in [2.24, 2.45) is 0 Å². The maximum Gasteiger partial charge on any atom is 0.165 e. The zero-order valence-electron chi connectivity index (χ0n) is 22.4. The molecule has 0 N–H and O–H groups in total. The van der Waals surface area contributed by atoms with Gasteiger partial charge in [0.2, 0.25) is 0 Å². The molecule has 1 atom stereocenters. The highest BCUT2D eigenvalue weighted by Gasteiger charge is 2.14. The molecule has 1 nitrogen and oxygen atoms in total. The maximum absolute atomic E-state index is 14.9. The number of hydrogen-bond acceptors (Lipinski definition) is 4. The molecule has 0 aliphatic rings. The van der Waals surface area contributed by atoms with Crippen molar-refractivity contribution in [3.63, 3.8) is 0 Å². The van der Waals surface area contributed by atoms with Crippen LogP contribution in [0.4, 0.5) is 4.39 Å². The SMILES string of the molecule is CCCCCCc1ccc(-c2ccc(-c3ccc(-c4ccc(O[C@H](CC)CCCCC)c(F)c4)s3)s2)s1. The van der Waals surface area contributed by atoms with Crippen molar-refractivity contribution in [3.05, 3.63) is 65.3 Å². The van der Waals surface area contributed by atoms with Crippen molar-refractivity contribution in [1.82, 2.24) is 0 Å². The second-order valence-corrected chi connectivity index (χ2v) is 13.0. The van der Waals surface area contributed by atoms with Gasteiger partial charge >= 0.3 is 0 Å². The van der Waals surface area contributed by atoms with Gasteiger partial charge in [0.05, 0.1) is 6.10 Å². The lowest BCUT2D eigenvalue weighted by molar-refractivity contribution is 0.175. The summed E-state index contributed by atoms with van der Waals surface area (Å²) in [5.41, 5.74) is 0.905. The Morgan fingerprint density at radius 1 is 0.676 bits per heavy atom. The second-order valence-electron chi connectivity index (χ2n) is 9.69. The first-order chi connectivity index (χ1) is 18.1.